The van der Waals surface area contributed by atoms with Crippen LogP contribution in [0.4, 0.5) is 0 Å². The van der Waals surface area contributed by atoms with E-state index < -0.39 is 0 Å². The summed E-state index contributed by atoms with van der Waals surface area (Å²) >= 11 is 0. The van der Waals surface area contributed by atoms with E-state index in [-0.39, 0.29) is 0 Å². The highest BCUT2D eigenvalue weighted by Gasteiger charge is 2.39. The van der Waals surface area contributed by atoms with Gasteiger partial charge >= 0.3 is 0 Å². The molecule has 32 heavy (non-hydrogen) atoms. The molecule has 1 saturated carbocycles. The summed E-state index contributed by atoms with van der Waals surface area (Å²) in [6.45, 7) is 13.9. The van der Waals surface area contributed by atoms with E-state index in [1.807, 2.05) is 0 Å². The van der Waals surface area contributed by atoms with Crippen molar-refractivity contribution in [3.8, 4) is 0 Å². The third-order valence-electron chi connectivity index (χ3n) is 8.22. The van der Waals surface area contributed by atoms with Crippen molar-refractivity contribution < 1.29 is 0 Å². The first-order valence-corrected chi connectivity index (χ1v) is 14.6. The van der Waals surface area contributed by atoms with Gasteiger partial charge in [-0.3, -0.25) is 0 Å². The largest absolute Gasteiger partial charge is 0.129 e. The van der Waals surface area contributed by atoms with E-state index in [1.54, 1.807) is 44.5 Å². The van der Waals surface area contributed by atoms with Crippen LogP contribution in [0.15, 0.2) is 24.3 Å². The molecule has 176 valence electrons. The smallest absolute Gasteiger partial charge is 0.00168 e. The minimum atomic E-state index is 0.560. The molecule has 0 spiro atoms. The molecule has 2 heteroatoms. The highest BCUT2D eigenvalue weighted by molar-refractivity contribution is 7.17. The summed E-state index contributed by atoms with van der Waals surface area (Å²) in [5, 5.41) is 0. The minimum Gasteiger partial charge on any atom is -0.129 e. The molecule has 2 aromatic rings. The molecular weight excluding hydrogens is 422 g/mol. The first-order chi connectivity index (χ1) is 15.4. The second-order valence-corrected chi connectivity index (χ2v) is 11.1. The lowest BCUT2D eigenvalue weighted by atomic mass is 9.67. The zero-order valence-corrected chi connectivity index (χ0v) is 23.7. The van der Waals surface area contributed by atoms with Gasteiger partial charge in [0, 0.05) is 11.3 Å². The van der Waals surface area contributed by atoms with Crippen LogP contribution in [0, 0.1) is 11.8 Å². The third kappa shape index (κ3) is 5.03. The number of rotatable bonds is 10. The van der Waals surface area contributed by atoms with Gasteiger partial charge in [-0.2, -0.15) is 0 Å². The number of benzene rings is 2. The second kappa shape index (κ2) is 11.6. The van der Waals surface area contributed by atoms with Crippen molar-refractivity contribution in [3.63, 3.8) is 0 Å². The van der Waals surface area contributed by atoms with Gasteiger partial charge in [0.1, 0.15) is 0 Å². The van der Waals surface area contributed by atoms with E-state index in [2.05, 4.69) is 84.3 Å². The number of hydrogen-bond donors (Lipinski definition) is 0. The van der Waals surface area contributed by atoms with Crippen molar-refractivity contribution in [1.82, 2.24) is 0 Å². The van der Waals surface area contributed by atoms with Crippen LogP contribution in [0.5, 0.6) is 0 Å². The minimum absolute atomic E-state index is 0.560. The Kier molecular flexibility index (Phi) is 9.42. The summed E-state index contributed by atoms with van der Waals surface area (Å²) in [5.74, 6) is 1.51. The molecule has 0 nitrogen and oxygen atoms in total. The maximum atomic E-state index is 3.25. The van der Waals surface area contributed by atoms with Crippen LogP contribution in [-0.2, 0) is 38.5 Å². The van der Waals surface area contributed by atoms with Crippen molar-refractivity contribution in [2.24, 2.45) is 11.8 Å². The number of hydrogen-bond acceptors (Lipinski definition) is 0. The highest BCUT2D eigenvalue weighted by atomic mass is 31.0. The molecule has 0 heterocycles. The van der Waals surface area contributed by atoms with E-state index in [0.29, 0.717) is 11.3 Å². The van der Waals surface area contributed by atoms with Crippen molar-refractivity contribution >= 4 is 18.5 Å². The Labute approximate surface area is 203 Å². The van der Waals surface area contributed by atoms with Gasteiger partial charge in [-0.05, 0) is 108 Å². The summed E-state index contributed by atoms with van der Waals surface area (Å²) in [6, 6.07) is 10.1. The Balaban J connectivity index is 1.89. The average molecular weight is 469 g/mol. The van der Waals surface area contributed by atoms with Gasteiger partial charge in [-0.25, -0.2) is 0 Å². The average Bonchev–Trinajstić information content (AvgIpc) is 2.80. The van der Waals surface area contributed by atoms with Gasteiger partial charge < -0.3 is 0 Å². The lowest BCUT2D eigenvalue weighted by Gasteiger charge is -2.44. The molecule has 3 rings (SSSR count). The van der Waals surface area contributed by atoms with Gasteiger partial charge in [-0.15, -0.1) is 18.5 Å². The Morgan fingerprint density at radius 2 is 0.844 bits per heavy atom. The van der Waals surface area contributed by atoms with Crippen molar-refractivity contribution in [1.29, 1.82) is 0 Å². The predicted octanol–water partition coefficient (Wildman–Crippen LogP) is 8.62. The van der Waals surface area contributed by atoms with E-state index in [1.165, 1.54) is 12.8 Å². The Morgan fingerprint density at radius 3 is 1.03 bits per heavy atom. The molecule has 6 atom stereocenters. The summed E-state index contributed by atoms with van der Waals surface area (Å²) in [4.78, 5) is 0. The molecule has 6 unspecified atom stereocenters. The number of aryl methyl sites for hydroxylation is 4. The molecule has 0 amide bonds. The quantitative estimate of drug-likeness (QED) is 0.306. The molecule has 1 aliphatic rings. The van der Waals surface area contributed by atoms with Crippen molar-refractivity contribution in [3.05, 3.63) is 68.8 Å². The predicted molar refractivity (Wildman–Crippen MR) is 150 cm³/mol. The Morgan fingerprint density at radius 1 is 0.562 bits per heavy atom. The molecule has 0 N–H and O–H groups in total. The molecular formula is C30H46P2. The molecule has 2 aromatic carbocycles. The zero-order valence-electron chi connectivity index (χ0n) is 21.4. The second-order valence-electron chi connectivity index (χ2n) is 9.71. The monoisotopic (exact) mass is 468 g/mol. The molecule has 0 bridgehead atoms. The van der Waals surface area contributed by atoms with E-state index in [0.717, 1.165) is 50.4 Å². The topological polar surface area (TPSA) is 0 Å². The van der Waals surface area contributed by atoms with E-state index >= 15 is 0 Å². The first-order valence-electron chi connectivity index (χ1n) is 13.2. The normalized spacial score (nSPS) is 20.1. The summed E-state index contributed by atoms with van der Waals surface area (Å²) in [6.07, 6.45) is 9.60. The van der Waals surface area contributed by atoms with Crippen LogP contribution < -0.4 is 0 Å². The molecule has 0 radical (unpaired) electrons. The fourth-order valence-corrected chi connectivity index (χ4v) is 7.48. The summed E-state index contributed by atoms with van der Waals surface area (Å²) in [7, 11) is 6.50. The Bertz CT molecular complexity index is 788. The maximum absolute atomic E-state index is 3.25. The first kappa shape index (κ1) is 25.9. The summed E-state index contributed by atoms with van der Waals surface area (Å²) in [5.41, 5.74) is 13.7. The van der Waals surface area contributed by atoms with Crippen LogP contribution in [0.1, 0.15) is 110 Å². The van der Waals surface area contributed by atoms with Crippen LogP contribution in [0.2, 0.25) is 0 Å². The maximum Gasteiger partial charge on any atom is 0.00168 e. The molecule has 1 fully saturated rings. The van der Waals surface area contributed by atoms with Crippen LogP contribution in [0.25, 0.3) is 0 Å². The van der Waals surface area contributed by atoms with Crippen LogP contribution >= 0.6 is 18.5 Å². The van der Waals surface area contributed by atoms with Gasteiger partial charge in [0.25, 0.3) is 0 Å². The van der Waals surface area contributed by atoms with Gasteiger partial charge in [-0.1, -0.05) is 65.8 Å². The zero-order chi connectivity index (χ0) is 23.4. The van der Waals surface area contributed by atoms with Gasteiger partial charge in [0.2, 0.25) is 0 Å². The fourth-order valence-electron chi connectivity index (χ4n) is 6.14. The highest BCUT2D eigenvalue weighted by Crippen LogP contribution is 2.55. The summed E-state index contributed by atoms with van der Waals surface area (Å²) < 4.78 is 0. The Hall–Kier alpha value is -0.700. The van der Waals surface area contributed by atoms with Crippen molar-refractivity contribution in [2.45, 2.75) is 104 Å². The van der Waals surface area contributed by atoms with Gasteiger partial charge in [0.05, 0.1) is 0 Å². The van der Waals surface area contributed by atoms with Crippen molar-refractivity contribution in [2.75, 3.05) is 0 Å². The van der Waals surface area contributed by atoms with Crippen LogP contribution in [0.3, 0.4) is 0 Å². The van der Waals surface area contributed by atoms with Crippen LogP contribution in [-0.4, -0.2) is 0 Å². The lowest BCUT2D eigenvalue weighted by molar-refractivity contribution is 0.167. The fraction of sp³-hybridized carbons (Fsp3) is 0.600. The van der Waals surface area contributed by atoms with E-state index in [9.17, 15) is 0 Å². The molecule has 0 saturated heterocycles. The molecule has 0 aromatic heterocycles. The molecule has 1 aliphatic carbocycles. The van der Waals surface area contributed by atoms with Gasteiger partial charge in [0.15, 0.2) is 0 Å². The molecule has 0 aliphatic heterocycles. The SMILES string of the molecule is CCc1cc(C(P)C2CCC2C(P)c2cc(CC)c(CC)c(CC)c2)cc(CC)c1CC. The lowest BCUT2D eigenvalue weighted by Crippen LogP contribution is -2.32. The standard InChI is InChI=1S/C30H46P2/c1-7-19-15-23(16-20(8-2)25(19)11-5)29(31)27-13-14-28(27)30(32)24-17-21(9-3)26(12-6)22(10-4)18-24/h15-18,27-30H,7-14,31-32H2,1-6H3. The van der Waals surface area contributed by atoms with E-state index in [4.69, 9.17) is 0 Å². The third-order valence-corrected chi connectivity index (χ3v) is 9.98.